The normalized spacial score (nSPS) is 21.0. The van der Waals surface area contributed by atoms with Crippen LogP contribution in [0.15, 0.2) is 24.3 Å². The summed E-state index contributed by atoms with van der Waals surface area (Å²) >= 11 is 6.30. The van der Waals surface area contributed by atoms with Crippen LogP contribution in [0.1, 0.15) is 20.3 Å². The van der Waals surface area contributed by atoms with Crippen LogP contribution in [0.5, 0.6) is 0 Å². The highest BCUT2D eigenvalue weighted by molar-refractivity contribution is 6.33. The van der Waals surface area contributed by atoms with Gasteiger partial charge in [-0.25, -0.2) is 0 Å². The second kappa shape index (κ2) is 9.07. The fourth-order valence-corrected chi connectivity index (χ4v) is 4.07. The second-order valence-corrected chi connectivity index (χ2v) is 7.80. The third-order valence-corrected chi connectivity index (χ3v) is 6.13. The molecule has 0 bridgehead atoms. The number of piperazine rings is 2. The molecule has 5 nitrogen and oxygen atoms in total. The Morgan fingerprint density at radius 1 is 1.04 bits per heavy atom. The van der Waals surface area contributed by atoms with E-state index in [1.165, 1.54) is 6.42 Å². The molecule has 0 N–H and O–H groups in total. The number of amides is 1. The molecule has 26 heavy (non-hydrogen) atoms. The Hall–Kier alpha value is -1.30. The predicted octanol–water partition coefficient (Wildman–Crippen LogP) is 2.40. The number of nitrogens with zero attached hydrogens (tertiary/aromatic N) is 4. The molecule has 0 radical (unpaired) electrons. The number of rotatable bonds is 5. The molecule has 144 valence electrons. The minimum absolute atomic E-state index is 0.278. The van der Waals surface area contributed by atoms with Crippen molar-refractivity contribution in [3.63, 3.8) is 0 Å². The average molecular weight is 379 g/mol. The molecule has 2 heterocycles. The fraction of sp³-hybridized carbons (Fsp3) is 0.650. The van der Waals surface area contributed by atoms with E-state index in [4.69, 9.17) is 11.6 Å². The Labute approximate surface area is 162 Å². The van der Waals surface area contributed by atoms with Crippen molar-refractivity contribution >= 4 is 23.2 Å². The zero-order valence-electron chi connectivity index (χ0n) is 16.0. The lowest BCUT2D eigenvalue weighted by molar-refractivity contribution is -0.134. The Bertz CT molecular complexity index is 595. The maximum atomic E-state index is 12.6. The summed E-state index contributed by atoms with van der Waals surface area (Å²) in [6, 6.07) is 8.61. The number of benzene rings is 1. The Morgan fingerprint density at radius 3 is 2.31 bits per heavy atom. The van der Waals surface area contributed by atoms with Gasteiger partial charge < -0.3 is 9.80 Å². The summed E-state index contributed by atoms with van der Waals surface area (Å²) in [5.74, 6) is 0.278. The fourth-order valence-electron chi connectivity index (χ4n) is 3.82. The smallest absolute Gasteiger partial charge is 0.236 e. The van der Waals surface area contributed by atoms with Gasteiger partial charge in [-0.15, -0.1) is 0 Å². The monoisotopic (exact) mass is 378 g/mol. The van der Waals surface area contributed by atoms with Crippen molar-refractivity contribution in [2.45, 2.75) is 26.3 Å². The molecular weight excluding hydrogens is 348 g/mol. The van der Waals surface area contributed by atoms with E-state index in [0.717, 1.165) is 63.1 Å². The van der Waals surface area contributed by atoms with E-state index in [1.807, 2.05) is 23.1 Å². The number of hydrogen-bond donors (Lipinski definition) is 0. The lowest BCUT2D eigenvalue weighted by atomic mass is 10.2. The van der Waals surface area contributed by atoms with Gasteiger partial charge >= 0.3 is 0 Å². The van der Waals surface area contributed by atoms with Gasteiger partial charge in [0.05, 0.1) is 17.3 Å². The maximum Gasteiger partial charge on any atom is 0.236 e. The van der Waals surface area contributed by atoms with Gasteiger partial charge in [0.2, 0.25) is 5.91 Å². The highest BCUT2D eigenvalue weighted by atomic mass is 35.5. The second-order valence-electron chi connectivity index (χ2n) is 7.39. The van der Waals surface area contributed by atoms with E-state index in [-0.39, 0.29) is 5.91 Å². The number of anilines is 1. The van der Waals surface area contributed by atoms with Gasteiger partial charge in [-0.2, -0.15) is 0 Å². The molecule has 2 aliphatic heterocycles. The Morgan fingerprint density at radius 2 is 1.69 bits per heavy atom. The molecule has 1 unspecified atom stereocenters. The number of halogens is 1. The van der Waals surface area contributed by atoms with E-state index in [9.17, 15) is 4.79 Å². The quantitative estimate of drug-likeness (QED) is 0.787. The number of carbonyl (C=O) groups is 1. The first-order chi connectivity index (χ1) is 12.6. The average Bonchev–Trinajstić information content (AvgIpc) is 2.68. The van der Waals surface area contributed by atoms with Crippen LogP contribution < -0.4 is 4.90 Å². The molecule has 2 aliphatic rings. The van der Waals surface area contributed by atoms with Gasteiger partial charge in [-0.3, -0.25) is 14.6 Å². The van der Waals surface area contributed by atoms with E-state index < -0.39 is 0 Å². The molecule has 1 aromatic rings. The first kappa shape index (κ1) is 19.5. The summed E-state index contributed by atoms with van der Waals surface area (Å²) in [7, 11) is 0. The summed E-state index contributed by atoms with van der Waals surface area (Å²) in [6.07, 6.45) is 1.17. The van der Waals surface area contributed by atoms with Gasteiger partial charge in [-0.05, 0) is 25.5 Å². The molecule has 1 atom stereocenters. The van der Waals surface area contributed by atoms with Crippen LogP contribution in [-0.4, -0.2) is 85.6 Å². The Kier molecular flexibility index (Phi) is 6.79. The van der Waals surface area contributed by atoms with E-state index in [0.29, 0.717) is 12.6 Å². The summed E-state index contributed by atoms with van der Waals surface area (Å²) in [4.78, 5) is 21.8. The number of carbonyl (C=O) groups excluding carboxylic acids is 1. The summed E-state index contributed by atoms with van der Waals surface area (Å²) in [6.45, 7) is 12.4. The maximum absolute atomic E-state index is 12.6. The lowest BCUT2D eigenvalue weighted by Gasteiger charge is -2.40. The van der Waals surface area contributed by atoms with Crippen molar-refractivity contribution in [1.82, 2.24) is 14.7 Å². The lowest BCUT2D eigenvalue weighted by Crippen LogP contribution is -2.55. The van der Waals surface area contributed by atoms with Crippen LogP contribution in [0.25, 0.3) is 0 Å². The Balaban J connectivity index is 1.43. The first-order valence-corrected chi connectivity index (χ1v) is 10.2. The molecule has 6 heteroatoms. The van der Waals surface area contributed by atoms with Crippen LogP contribution in [-0.2, 0) is 4.79 Å². The molecule has 3 rings (SSSR count). The zero-order chi connectivity index (χ0) is 18.5. The van der Waals surface area contributed by atoms with Crippen molar-refractivity contribution in [2.75, 3.05) is 63.8 Å². The molecular formula is C20H31ClN4O. The van der Waals surface area contributed by atoms with Crippen LogP contribution >= 0.6 is 11.6 Å². The molecule has 1 aromatic carbocycles. The van der Waals surface area contributed by atoms with E-state index >= 15 is 0 Å². The van der Waals surface area contributed by atoms with Crippen LogP contribution in [0.4, 0.5) is 5.69 Å². The standard InChI is InChI=1S/C20H31ClN4O/c1-3-17(2)23-12-14-25(15-13-23)20(26)16-22-8-10-24(11-9-22)19-7-5-4-6-18(19)21/h4-7,17H,3,8-16H2,1-2H3. The zero-order valence-corrected chi connectivity index (χ0v) is 16.8. The summed E-state index contributed by atoms with van der Waals surface area (Å²) in [5, 5.41) is 0.802. The minimum Gasteiger partial charge on any atom is -0.368 e. The van der Waals surface area contributed by atoms with Crippen molar-refractivity contribution in [1.29, 1.82) is 0 Å². The van der Waals surface area contributed by atoms with Crippen molar-refractivity contribution in [2.24, 2.45) is 0 Å². The van der Waals surface area contributed by atoms with Gasteiger partial charge in [0, 0.05) is 58.4 Å². The minimum atomic E-state index is 0.278. The topological polar surface area (TPSA) is 30.0 Å². The van der Waals surface area contributed by atoms with Crippen molar-refractivity contribution < 1.29 is 4.79 Å². The molecule has 0 aliphatic carbocycles. The number of hydrogen-bond acceptors (Lipinski definition) is 4. The van der Waals surface area contributed by atoms with Crippen LogP contribution in [0, 0.1) is 0 Å². The molecule has 2 fully saturated rings. The van der Waals surface area contributed by atoms with Crippen LogP contribution in [0.3, 0.4) is 0 Å². The van der Waals surface area contributed by atoms with Gasteiger partial charge in [0.1, 0.15) is 0 Å². The third kappa shape index (κ3) is 4.70. The largest absolute Gasteiger partial charge is 0.368 e. The number of para-hydroxylation sites is 1. The van der Waals surface area contributed by atoms with Gasteiger partial charge in [-0.1, -0.05) is 30.7 Å². The SMILES string of the molecule is CCC(C)N1CCN(C(=O)CN2CCN(c3ccccc3Cl)CC2)CC1. The summed E-state index contributed by atoms with van der Waals surface area (Å²) < 4.78 is 0. The van der Waals surface area contributed by atoms with E-state index in [1.54, 1.807) is 0 Å². The third-order valence-electron chi connectivity index (χ3n) is 5.81. The van der Waals surface area contributed by atoms with Crippen molar-refractivity contribution in [3.05, 3.63) is 29.3 Å². The molecule has 0 aromatic heterocycles. The molecule has 0 spiro atoms. The highest BCUT2D eigenvalue weighted by Crippen LogP contribution is 2.26. The van der Waals surface area contributed by atoms with Gasteiger partial charge in [0.25, 0.3) is 0 Å². The van der Waals surface area contributed by atoms with E-state index in [2.05, 4.69) is 34.6 Å². The molecule has 1 amide bonds. The predicted molar refractivity (Wildman–Crippen MR) is 108 cm³/mol. The highest BCUT2D eigenvalue weighted by Gasteiger charge is 2.26. The first-order valence-electron chi connectivity index (χ1n) is 9.82. The van der Waals surface area contributed by atoms with Crippen molar-refractivity contribution in [3.8, 4) is 0 Å². The van der Waals surface area contributed by atoms with Gasteiger partial charge in [0.15, 0.2) is 0 Å². The molecule has 2 saturated heterocycles. The summed E-state index contributed by atoms with van der Waals surface area (Å²) in [5.41, 5.74) is 1.10. The van der Waals surface area contributed by atoms with Crippen LogP contribution in [0.2, 0.25) is 5.02 Å². The molecule has 0 saturated carbocycles.